The van der Waals surface area contributed by atoms with Crippen LogP contribution in [0.25, 0.3) is 11.8 Å². The van der Waals surface area contributed by atoms with Gasteiger partial charge in [-0.25, -0.2) is 4.79 Å². The first-order valence-electron chi connectivity index (χ1n) is 6.82. The first-order valence-corrected chi connectivity index (χ1v) is 6.82. The quantitative estimate of drug-likeness (QED) is 0.611. The first kappa shape index (κ1) is 13.4. The Hall–Kier alpha value is -2.55. The van der Waals surface area contributed by atoms with Crippen LogP contribution in [0.3, 0.4) is 0 Å². The van der Waals surface area contributed by atoms with Gasteiger partial charge in [0, 0.05) is 5.56 Å². The molecular weight excluding hydrogens is 264 g/mol. The minimum absolute atomic E-state index is 0.350. The van der Waals surface area contributed by atoms with Crippen molar-refractivity contribution in [3.63, 3.8) is 0 Å². The molecule has 1 aliphatic heterocycles. The maximum atomic E-state index is 11.9. The molecule has 1 aliphatic rings. The molecule has 1 aromatic carbocycles. The van der Waals surface area contributed by atoms with Crippen LogP contribution < -0.4 is 0 Å². The lowest BCUT2D eigenvalue weighted by Gasteiger charge is -2.05. The highest BCUT2D eigenvalue weighted by atomic mass is 16.5. The third kappa shape index (κ3) is 2.68. The fraction of sp³-hybridized carbons (Fsp3) is 0.167. The second-order valence-electron chi connectivity index (χ2n) is 5.25. The Balaban J connectivity index is 1.95. The Morgan fingerprint density at radius 2 is 1.81 bits per heavy atom. The Kier molecular flexibility index (Phi) is 3.26. The van der Waals surface area contributed by atoms with Crippen LogP contribution in [-0.4, -0.2) is 5.97 Å². The summed E-state index contributed by atoms with van der Waals surface area (Å²) in [7, 11) is 0. The molecule has 3 nitrogen and oxygen atoms in total. The lowest BCUT2D eigenvalue weighted by Crippen LogP contribution is -1.97. The van der Waals surface area contributed by atoms with Gasteiger partial charge in [-0.15, -0.1) is 0 Å². The average Bonchev–Trinajstić information content (AvgIpc) is 3.00. The van der Waals surface area contributed by atoms with Crippen molar-refractivity contribution in [1.29, 1.82) is 0 Å². The van der Waals surface area contributed by atoms with E-state index < -0.39 is 0 Å². The van der Waals surface area contributed by atoms with Crippen LogP contribution >= 0.6 is 0 Å². The van der Waals surface area contributed by atoms with E-state index in [1.54, 1.807) is 12.2 Å². The number of rotatable bonds is 2. The number of furan rings is 1. The van der Waals surface area contributed by atoms with Gasteiger partial charge in [-0.1, -0.05) is 12.1 Å². The van der Waals surface area contributed by atoms with E-state index in [0.29, 0.717) is 17.1 Å². The van der Waals surface area contributed by atoms with Crippen LogP contribution in [0, 0.1) is 20.8 Å². The Labute approximate surface area is 123 Å². The summed E-state index contributed by atoms with van der Waals surface area (Å²) in [4.78, 5) is 11.9. The molecule has 0 saturated carbocycles. The third-order valence-electron chi connectivity index (χ3n) is 3.58. The molecule has 0 fully saturated rings. The monoisotopic (exact) mass is 280 g/mol. The minimum Gasteiger partial charge on any atom is -0.462 e. The number of cyclic esters (lactones) is 1. The van der Waals surface area contributed by atoms with Crippen LogP contribution in [0.5, 0.6) is 0 Å². The van der Waals surface area contributed by atoms with Crippen molar-refractivity contribution in [3.8, 4) is 0 Å². The molecule has 0 saturated heterocycles. The number of hydrogen-bond donors (Lipinski definition) is 0. The van der Waals surface area contributed by atoms with E-state index in [-0.39, 0.29) is 5.97 Å². The number of ether oxygens (including phenoxy) is 1. The number of esters is 1. The molecule has 0 unspecified atom stereocenters. The molecule has 3 rings (SSSR count). The zero-order chi connectivity index (χ0) is 15.0. The highest BCUT2D eigenvalue weighted by molar-refractivity contribution is 6.04. The van der Waals surface area contributed by atoms with Gasteiger partial charge in [0.1, 0.15) is 17.3 Å². The second-order valence-corrected chi connectivity index (χ2v) is 5.25. The van der Waals surface area contributed by atoms with E-state index in [1.165, 1.54) is 11.1 Å². The van der Waals surface area contributed by atoms with Gasteiger partial charge in [-0.2, -0.15) is 0 Å². The summed E-state index contributed by atoms with van der Waals surface area (Å²) >= 11 is 0. The first-order chi connectivity index (χ1) is 10.0. The average molecular weight is 280 g/mol. The number of benzene rings is 1. The summed E-state index contributed by atoms with van der Waals surface area (Å²) in [6, 6.07) is 9.70. The summed E-state index contributed by atoms with van der Waals surface area (Å²) in [5, 5.41) is 0. The predicted octanol–water partition coefficient (Wildman–Crippen LogP) is 4.19. The molecule has 3 heteroatoms. The van der Waals surface area contributed by atoms with E-state index >= 15 is 0 Å². The molecule has 2 aromatic rings. The van der Waals surface area contributed by atoms with Crippen LogP contribution in [0.15, 0.2) is 46.4 Å². The lowest BCUT2D eigenvalue weighted by molar-refractivity contribution is -0.130. The number of carbonyl (C=O) groups excluding carboxylic acids is 1. The van der Waals surface area contributed by atoms with Crippen molar-refractivity contribution in [2.75, 3.05) is 0 Å². The maximum Gasteiger partial charge on any atom is 0.343 e. The molecule has 2 heterocycles. The topological polar surface area (TPSA) is 39.4 Å². The van der Waals surface area contributed by atoms with Gasteiger partial charge in [0.25, 0.3) is 0 Å². The standard InChI is InChI=1S/C18H16O3/c1-11-4-6-14(8-12(11)2)17-10-15(18(19)21-17)9-16-7-5-13(3)20-16/h4-10H,1-3H3. The highest BCUT2D eigenvalue weighted by Crippen LogP contribution is 2.28. The van der Waals surface area contributed by atoms with E-state index in [0.717, 1.165) is 11.3 Å². The van der Waals surface area contributed by atoms with Gasteiger partial charge in [-0.05, 0) is 62.2 Å². The molecule has 0 spiro atoms. The van der Waals surface area contributed by atoms with Crippen LogP contribution in [-0.2, 0) is 9.53 Å². The van der Waals surface area contributed by atoms with E-state index in [4.69, 9.17) is 9.15 Å². The van der Waals surface area contributed by atoms with E-state index in [1.807, 2.05) is 44.2 Å². The third-order valence-corrected chi connectivity index (χ3v) is 3.58. The SMILES string of the molecule is Cc1ccc(C=C2C=C(c3ccc(C)c(C)c3)OC2=O)o1. The van der Waals surface area contributed by atoms with Gasteiger partial charge >= 0.3 is 5.97 Å². The zero-order valence-electron chi connectivity index (χ0n) is 12.3. The van der Waals surface area contributed by atoms with Gasteiger partial charge in [-0.3, -0.25) is 0 Å². The van der Waals surface area contributed by atoms with E-state index in [2.05, 4.69) is 6.92 Å². The van der Waals surface area contributed by atoms with Crippen molar-refractivity contribution >= 4 is 17.8 Å². The fourth-order valence-corrected chi connectivity index (χ4v) is 2.21. The molecule has 0 aliphatic carbocycles. The molecule has 0 N–H and O–H groups in total. The fourth-order valence-electron chi connectivity index (χ4n) is 2.21. The number of hydrogen-bond acceptors (Lipinski definition) is 3. The number of aryl methyl sites for hydroxylation is 3. The molecule has 1 aromatic heterocycles. The molecule has 21 heavy (non-hydrogen) atoms. The largest absolute Gasteiger partial charge is 0.462 e. The van der Waals surface area contributed by atoms with Crippen molar-refractivity contribution in [2.24, 2.45) is 0 Å². The van der Waals surface area contributed by atoms with Gasteiger partial charge in [0.05, 0.1) is 5.57 Å². The molecule has 0 bridgehead atoms. The van der Waals surface area contributed by atoms with Crippen LogP contribution in [0.4, 0.5) is 0 Å². The molecule has 106 valence electrons. The molecular formula is C18H16O3. The summed E-state index contributed by atoms with van der Waals surface area (Å²) in [5.41, 5.74) is 3.79. The van der Waals surface area contributed by atoms with Crippen molar-refractivity contribution in [2.45, 2.75) is 20.8 Å². The predicted molar refractivity (Wildman–Crippen MR) is 81.4 cm³/mol. The van der Waals surface area contributed by atoms with Crippen molar-refractivity contribution < 1.29 is 13.9 Å². The summed E-state index contributed by atoms with van der Waals surface area (Å²) < 4.78 is 10.8. The number of carbonyl (C=O) groups is 1. The van der Waals surface area contributed by atoms with E-state index in [9.17, 15) is 4.79 Å². The Bertz CT molecular complexity index is 776. The van der Waals surface area contributed by atoms with Crippen LogP contribution in [0.1, 0.15) is 28.2 Å². The van der Waals surface area contributed by atoms with Gasteiger partial charge in [0.15, 0.2) is 0 Å². The Morgan fingerprint density at radius 1 is 1.00 bits per heavy atom. The highest BCUT2D eigenvalue weighted by Gasteiger charge is 2.22. The van der Waals surface area contributed by atoms with Crippen LogP contribution in [0.2, 0.25) is 0 Å². The summed E-state index contributed by atoms with van der Waals surface area (Å²) in [6.07, 6.45) is 3.45. The van der Waals surface area contributed by atoms with Gasteiger partial charge < -0.3 is 9.15 Å². The van der Waals surface area contributed by atoms with Crippen molar-refractivity contribution in [3.05, 3.63) is 70.2 Å². The van der Waals surface area contributed by atoms with Crippen molar-refractivity contribution in [1.82, 2.24) is 0 Å². The normalized spacial score (nSPS) is 16.2. The minimum atomic E-state index is -0.350. The van der Waals surface area contributed by atoms with Gasteiger partial charge in [0.2, 0.25) is 0 Å². The second kappa shape index (κ2) is 5.09. The molecule has 0 atom stereocenters. The lowest BCUT2D eigenvalue weighted by atomic mass is 10.0. The summed E-state index contributed by atoms with van der Waals surface area (Å²) in [6.45, 7) is 5.96. The summed E-state index contributed by atoms with van der Waals surface area (Å²) in [5.74, 6) is 1.69. The molecule has 0 radical (unpaired) electrons. The maximum absolute atomic E-state index is 11.9. The zero-order valence-corrected chi connectivity index (χ0v) is 12.3. The smallest absolute Gasteiger partial charge is 0.343 e. The molecule has 0 amide bonds. The Morgan fingerprint density at radius 3 is 2.48 bits per heavy atom.